The Bertz CT molecular complexity index is 576. The number of carbonyl (C=O) groups is 2. The Hall–Kier alpha value is -1.84. The van der Waals surface area contributed by atoms with Gasteiger partial charge in [-0.1, -0.05) is 24.3 Å². The number of fused-ring (bicyclic) bond motifs is 1. The van der Waals surface area contributed by atoms with Crippen LogP contribution in [0.2, 0.25) is 0 Å². The molecule has 0 spiro atoms. The molecule has 1 aliphatic carbocycles. The maximum atomic E-state index is 12.4. The minimum absolute atomic E-state index is 0.00119. The van der Waals surface area contributed by atoms with Crippen LogP contribution in [-0.4, -0.2) is 35.5 Å². The second-order valence-corrected chi connectivity index (χ2v) is 7.17. The van der Waals surface area contributed by atoms with Crippen LogP contribution in [0.1, 0.15) is 51.2 Å². The fraction of sp³-hybridized carbons (Fsp3) is 0.556. The highest BCUT2D eigenvalue weighted by Crippen LogP contribution is 2.42. The van der Waals surface area contributed by atoms with Gasteiger partial charge in [-0.25, -0.2) is 4.79 Å². The highest BCUT2D eigenvalue weighted by Gasteiger charge is 2.45. The lowest BCUT2D eigenvalue weighted by atomic mass is 9.81. The Morgan fingerprint density at radius 1 is 1.27 bits per heavy atom. The summed E-state index contributed by atoms with van der Waals surface area (Å²) in [5.74, 6) is -0.00119. The zero-order valence-corrected chi connectivity index (χ0v) is 14.1. The summed E-state index contributed by atoms with van der Waals surface area (Å²) in [6.07, 6.45) is 2.21. The molecule has 0 bridgehead atoms. The lowest BCUT2D eigenvalue weighted by Gasteiger charge is -2.39. The maximum absolute atomic E-state index is 12.4. The first-order chi connectivity index (χ1) is 10.2. The predicted octanol–water partition coefficient (Wildman–Crippen LogP) is 3.54. The first-order valence-corrected chi connectivity index (χ1v) is 7.70. The van der Waals surface area contributed by atoms with E-state index in [9.17, 15) is 9.59 Å². The van der Waals surface area contributed by atoms with Crippen molar-refractivity contribution in [1.82, 2.24) is 4.90 Å². The lowest BCUT2D eigenvalue weighted by molar-refractivity contribution is -0.118. The number of amides is 1. The fourth-order valence-electron chi connectivity index (χ4n) is 3.09. The van der Waals surface area contributed by atoms with E-state index in [0.29, 0.717) is 0 Å². The molecule has 2 atom stereocenters. The summed E-state index contributed by atoms with van der Waals surface area (Å²) in [6.45, 7) is 7.28. The minimum atomic E-state index is -0.908. The molecule has 1 amide bonds. The summed E-state index contributed by atoms with van der Waals surface area (Å²) in [4.78, 5) is 25.7. The molecule has 0 aliphatic heterocycles. The number of rotatable bonds is 3. The minimum Gasteiger partial charge on any atom is -0.444 e. The number of likely N-dealkylation sites (N-methyl/N-ethyl adjacent to an activating group) is 1. The van der Waals surface area contributed by atoms with E-state index >= 15 is 0 Å². The molecule has 1 aliphatic rings. The quantitative estimate of drug-likeness (QED) is 0.802. The van der Waals surface area contributed by atoms with Gasteiger partial charge in [0.2, 0.25) is 0 Å². The van der Waals surface area contributed by atoms with Crippen LogP contribution in [0.15, 0.2) is 24.3 Å². The number of hydrogen-bond acceptors (Lipinski definition) is 3. The molecule has 120 valence electrons. The van der Waals surface area contributed by atoms with E-state index < -0.39 is 17.2 Å². The van der Waals surface area contributed by atoms with E-state index in [1.54, 1.807) is 7.05 Å². The molecule has 0 heterocycles. The zero-order chi connectivity index (χ0) is 16.5. The molecule has 4 nitrogen and oxygen atoms in total. The van der Waals surface area contributed by atoms with Crippen LogP contribution in [-0.2, 0) is 16.0 Å². The van der Waals surface area contributed by atoms with E-state index in [2.05, 4.69) is 12.1 Å². The molecule has 22 heavy (non-hydrogen) atoms. The summed E-state index contributed by atoms with van der Waals surface area (Å²) >= 11 is 0. The highest BCUT2D eigenvalue weighted by atomic mass is 16.6. The summed E-state index contributed by atoms with van der Waals surface area (Å²) in [6, 6.07) is 8.14. The normalized spacial score (nSPS) is 20.0. The Morgan fingerprint density at radius 2 is 1.91 bits per heavy atom. The largest absolute Gasteiger partial charge is 0.444 e. The number of carbonyl (C=O) groups excluding carboxylic acids is 2. The van der Waals surface area contributed by atoms with Gasteiger partial charge in [0.15, 0.2) is 0 Å². The molecule has 0 radical (unpaired) electrons. The molecule has 0 saturated heterocycles. The maximum Gasteiger partial charge on any atom is 0.410 e. The van der Waals surface area contributed by atoms with Gasteiger partial charge in [-0.2, -0.15) is 0 Å². The van der Waals surface area contributed by atoms with Gasteiger partial charge in [0.1, 0.15) is 17.4 Å². The van der Waals surface area contributed by atoms with Crippen molar-refractivity contribution in [3.8, 4) is 0 Å². The van der Waals surface area contributed by atoms with E-state index in [0.717, 1.165) is 24.7 Å². The summed E-state index contributed by atoms with van der Waals surface area (Å²) in [5, 5.41) is 0. The molecule has 2 rings (SSSR count). The molecule has 0 aromatic heterocycles. The Labute approximate surface area is 132 Å². The van der Waals surface area contributed by atoms with Crippen LogP contribution < -0.4 is 0 Å². The Kier molecular flexibility index (Phi) is 4.32. The molecule has 0 saturated carbocycles. The molecule has 4 heteroatoms. The van der Waals surface area contributed by atoms with Crippen molar-refractivity contribution >= 4 is 12.4 Å². The molecule has 0 fully saturated rings. The Balaban J connectivity index is 2.30. The smallest absolute Gasteiger partial charge is 0.410 e. The van der Waals surface area contributed by atoms with Gasteiger partial charge in [0.25, 0.3) is 0 Å². The van der Waals surface area contributed by atoms with Crippen molar-refractivity contribution in [2.75, 3.05) is 7.05 Å². The van der Waals surface area contributed by atoms with Crippen molar-refractivity contribution in [1.29, 1.82) is 0 Å². The molecule has 0 N–H and O–H groups in total. The van der Waals surface area contributed by atoms with E-state index in [-0.39, 0.29) is 5.92 Å². The second kappa shape index (κ2) is 5.75. The van der Waals surface area contributed by atoms with Crippen LogP contribution in [0.3, 0.4) is 0 Å². The fourth-order valence-corrected chi connectivity index (χ4v) is 3.09. The van der Waals surface area contributed by atoms with Gasteiger partial charge in [-0.05, 0) is 51.7 Å². The molecule has 2 unspecified atom stereocenters. The number of ether oxygens (including phenoxy) is 1. The number of aryl methyl sites for hydroxylation is 1. The van der Waals surface area contributed by atoms with Crippen LogP contribution in [0.4, 0.5) is 4.79 Å². The molecular weight excluding hydrogens is 278 g/mol. The molecule has 1 aromatic carbocycles. The van der Waals surface area contributed by atoms with E-state index in [1.807, 2.05) is 39.8 Å². The lowest BCUT2D eigenvalue weighted by Crippen LogP contribution is -2.53. The highest BCUT2D eigenvalue weighted by molar-refractivity contribution is 5.78. The van der Waals surface area contributed by atoms with Crippen LogP contribution in [0, 0.1) is 0 Å². The SMILES string of the molecule is CN(C(=O)OC(C)(C)C)C(C)(C=O)C1CCc2ccccc21. The van der Waals surface area contributed by atoms with Crippen molar-refractivity contribution in [2.45, 2.75) is 57.6 Å². The van der Waals surface area contributed by atoms with Crippen LogP contribution >= 0.6 is 0 Å². The standard InChI is InChI=1S/C18H25NO3/c1-17(2,3)22-16(21)19(5)18(4,12-20)15-11-10-13-8-6-7-9-14(13)15/h6-9,12,15H,10-11H2,1-5H3. The summed E-state index contributed by atoms with van der Waals surface area (Å²) < 4.78 is 5.42. The monoisotopic (exact) mass is 303 g/mol. The Morgan fingerprint density at radius 3 is 2.50 bits per heavy atom. The van der Waals surface area contributed by atoms with Gasteiger partial charge in [0, 0.05) is 13.0 Å². The van der Waals surface area contributed by atoms with Gasteiger partial charge in [-0.15, -0.1) is 0 Å². The van der Waals surface area contributed by atoms with Crippen molar-refractivity contribution in [3.05, 3.63) is 35.4 Å². The second-order valence-electron chi connectivity index (χ2n) is 7.17. The summed E-state index contributed by atoms with van der Waals surface area (Å²) in [5.41, 5.74) is 0.933. The van der Waals surface area contributed by atoms with Gasteiger partial charge in [-0.3, -0.25) is 4.90 Å². The van der Waals surface area contributed by atoms with E-state index in [1.165, 1.54) is 10.5 Å². The zero-order valence-electron chi connectivity index (χ0n) is 14.1. The van der Waals surface area contributed by atoms with Crippen molar-refractivity contribution < 1.29 is 14.3 Å². The third kappa shape index (κ3) is 3.01. The first-order valence-electron chi connectivity index (χ1n) is 7.70. The first kappa shape index (κ1) is 16.5. The third-order valence-electron chi connectivity index (χ3n) is 4.47. The predicted molar refractivity (Wildman–Crippen MR) is 86.0 cm³/mol. The van der Waals surface area contributed by atoms with Crippen molar-refractivity contribution in [2.24, 2.45) is 0 Å². The summed E-state index contributed by atoms with van der Waals surface area (Å²) in [7, 11) is 1.64. The van der Waals surface area contributed by atoms with Crippen molar-refractivity contribution in [3.63, 3.8) is 0 Å². The van der Waals surface area contributed by atoms with Gasteiger partial charge < -0.3 is 9.53 Å². The van der Waals surface area contributed by atoms with Crippen LogP contribution in [0.25, 0.3) is 0 Å². The molecule has 1 aromatic rings. The average Bonchev–Trinajstić information content (AvgIpc) is 2.88. The number of hydrogen-bond donors (Lipinski definition) is 0. The van der Waals surface area contributed by atoms with Gasteiger partial charge >= 0.3 is 6.09 Å². The third-order valence-corrected chi connectivity index (χ3v) is 4.47. The average molecular weight is 303 g/mol. The number of benzene rings is 1. The van der Waals surface area contributed by atoms with E-state index in [4.69, 9.17) is 4.74 Å². The topological polar surface area (TPSA) is 46.6 Å². The number of aldehydes is 1. The molecular formula is C18H25NO3. The van der Waals surface area contributed by atoms with Gasteiger partial charge in [0.05, 0.1) is 0 Å². The van der Waals surface area contributed by atoms with Crippen LogP contribution in [0.5, 0.6) is 0 Å². The number of nitrogens with zero attached hydrogens (tertiary/aromatic N) is 1.